The first kappa shape index (κ1) is 11.6. The molecule has 0 radical (unpaired) electrons. The molecular formula is C17H13NO. The summed E-state index contributed by atoms with van der Waals surface area (Å²) in [6.07, 6.45) is 3.66. The molecule has 3 aromatic rings. The minimum Gasteiger partial charge on any atom is -0.295 e. The van der Waals surface area contributed by atoms with Crippen molar-refractivity contribution in [3.63, 3.8) is 0 Å². The number of rotatable bonds is 2. The molecule has 0 spiro atoms. The van der Waals surface area contributed by atoms with Gasteiger partial charge in [0.2, 0.25) is 0 Å². The first-order chi connectivity index (χ1) is 9.24. The van der Waals surface area contributed by atoms with Gasteiger partial charge in [-0.3, -0.25) is 9.78 Å². The van der Waals surface area contributed by atoms with Crippen molar-refractivity contribution in [3.8, 4) is 11.1 Å². The van der Waals surface area contributed by atoms with Crippen LogP contribution in [0.5, 0.6) is 0 Å². The number of ketones is 1. The third kappa shape index (κ3) is 2.25. The van der Waals surface area contributed by atoms with Gasteiger partial charge in [-0.05, 0) is 35.6 Å². The van der Waals surface area contributed by atoms with E-state index >= 15 is 0 Å². The van der Waals surface area contributed by atoms with Gasteiger partial charge in [-0.1, -0.05) is 36.4 Å². The molecule has 0 aliphatic carbocycles. The van der Waals surface area contributed by atoms with Crippen molar-refractivity contribution in [1.29, 1.82) is 0 Å². The Balaban J connectivity index is 2.06. The van der Waals surface area contributed by atoms with Gasteiger partial charge in [0.05, 0.1) is 0 Å². The average molecular weight is 247 g/mol. The Kier molecular flexibility index (Phi) is 2.84. The number of carbonyl (C=O) groups is 1. The van der Waals surface area contributed by atoms with Crippen LogP contribution >= 0.6 is 0 Å². The van der Waals surface area contributed by atoms with Gasteiger partial charge in [-0.25, -0.2) is 0 Å². The highest BCUT2D eigenvalue weighted by Crippen LogP contribution is 2.24. The molecule has 2 aromatic carbocycles. The summed E-state index contributed by atoms with van der Waals surface area (Å²) in [6, 6.07) is 16.0. The quantitative estimate of drug-likeness (QED) is 0.638. The molecule has 1 aromatic heterocycles. The van der Waals surface area contributed by atoms with E-state index in [2.05, 4.69) is 23.2 Å². The summed E-state index contributed by atoms with van der Waals surface area (Å²) < 4.78 is 0. The van der Waals surface area contributed by atoms with Crippen molar-refractivity contribution in [3.05, 3.63) is 66.5 Å². The molecule has 1 heterocycles. The number of Topliss-reactive ketones (excluding diaryl/α,β-unsaturated/α-hetero) is 1. The second-order valence-corrected chi connectivity index (χ2v) is 4.57. The van der Waals surface area contributed by atoms with E-state index in [-0.39, 0.29) is 5.78 Å². The Morgan fingerprint density at radius 2 is 1.63 bits per heavy atom. The highest BCUT2D eigenvalue weighted by atomic mass is 16.1. The minimum absolute atomic E-state index is 0.0936. The molecule has 2 nitrogen and oxygen atoms in total. The van der Waals surface area contributed by atoms with Crippen molar-refractivity contribution in [2.75, 3.05) is 0 Å². The third-order valence-corrected chi connectivity index (χ3v) is 3.27. The van der Waals surface area contributed by atoms with Crippen molar-refractivity contribution < 1.29 is 4.79 Å². The predicted octanol–water partition coefficient (Wildman–Crippen LogP) is 4.10. The average Bonchev–Trinajstić information content (AvgIpc) is 2.47. The molecule has 0 saturated heterocycles. The third-order valence-electron chi connectivity index (χ3n) is 3.27. The largest absolute Gasteiger partial charge is 0.295 e. The lowest BCUT2D eigenvalue weighted by atomic mass is 10.0. The normalized spacial score (nSPS) is 10.6. The highest BCUT2D eigenvalue weighted by Gasteiger charge is 2.02. The Labute approximate surface area is 111 Å². The monoisotopic (exact) mass is 247 g/mol. The van der Waals surface area contributed by atoms with E-state index in [0.29, 0.717) is 0 Å². The molecule has 0 saturated carbocycles. The van der Waals surface area contributed by atoms with Crippen molar-refractivity contribution in [2.45, 2.75) is 6.92 Å². The van der Waals surface area contributed by atoms with Gasteiger partial charge < -0.3 is 0 Å². The Morgan fingerprint density at radius 1 is 0.895 bits per heavy atom. The maximum atomic E-state index is 11.3. The van der Waals surface area contributed by atoms with Gasteiger partial charge >= 0.3 is 0 Å². The van der Waals surface area contributed by atoms with Crippen LogP contribution in [0.15, 0.2) is 60.9 Å². The van der Waals surface area contributed by atoms with Crippen LogP contribution in [0.1, 0.15) is 17.3 Å². The molecule has 92 valence electrons. The number of fused-ring (bicyclic) bond motifs is 1. The number of benzene rings is 2. The molecule has 0 fully saturated rings. The second kappa shape index (κ2) is 4.65. The van der Waals surface area contributed by atoms with E-state index in [1.807, 2.05) is 36.5 Å². The summed E-state index contributed by atoms with van der Waals surface area (Å²) in [4.78, 5) is 15.4. The van der Waals surface area contributed by atoms with Crippen LogP contribution in [0.25, 0.3) is 21.9 Å². The molecule has 0 bridgehead atoms. The maximum absolute atomic E-state index is 11.3. The van der Waals surface area contributed by atoms with E-state index in [1.54, 1.807) is 13.1 Å². The molecule has 2 heteroatoms. The first-order valence-electron chi connectivity index (χ1n) is 6.19. The van der Waals surface area contributed by atoms with E-state index < -0.39 is 0 Å². The molecular weight excluding hydrogens is 234 g/mol. The zero-order valence-electron chi connectivity index (χ0n) is 10.6. The second-order valence-electron chi connectivity index (χ2n) is 4.57. The van der Waals surface area contributed by atoms with Gasteiger partial charge in [-0.15, -0.1) is 0 Å². The lowest BCUT2D eigenvalue weighted by Crippen LogP contribution is -1.90. The zero-order valence-corrected chi connectivity index (χ0v) is 10.6. The lowest BCUT2D eigenvalue weighted by molar-refractivity contribution is 0.101. The van der Waals surface area contributed by atoms with Crippen LogP contribution in [0.3, 0.4) is 0 Å². The topological polar surface area (TPSA) is 30.0 Å². The number of aromatic nitrogens is 1. The van der Waals surface area contributed by atoms with Gasteiger partial charge in [0, 0.05) is 23.3 Å². The summed E-state index contributed by atoms with van der Waals surface area (Å²) in [5, 5.41) is 2.30. The van der Waals surface area contributed by atoms with Crippen LogP contribution in [-0.4, -0.2) is 10.8 Å². The first-order valence-corrected chi connectivity index (χ1v) is 6.19. The lowest BCUT2D eigenvalue weighted by Gasteiger charge is -2.04. The van der Waals surface area contributed by atoms with E-state index in [4.69, 9.17) is 0 Å². The van der Waals surface area contributed by atoms with Crippen molar-refractivity contribution in [1.82, 2.24) is 4.98 Å². The molecule has 0 atom stereocenters. The standard InChI is InChI=1S/C17H13NO/c1-12(19)13-2-4-14(5-3-13)15-6-7-17-11-18-9-8-16(17)10-15/h2-11H,1H3. The van der Waals surface area contributed by atoms with Crippen molar-refractivity contribution >= 4 is 16.6 Å². The molecule has 3 rings (SSSR count). The van der Waals surface area contributed by atoms with Crippen LogP contribution < -0.4 is 0 Å². The summed E-state index contributed by atoms with van der Waals surface area (Å²) in [6.45, 7) is 1.58. The number of nitrogens with zero attached hydrogens (tertiary/aromatic N) is 1. The Bertz CT molecular complexity index is 745. The minimum atomic E-state index is 0.0936. The molecule has 0 amide bonds. The summed E-state index contributed by atoms with van der Waals surface area (Å²) in [5.41, 5.74) is 3.01. The summed E-state index contributed by atoms with van der Waals surface area (Å²) >= 11 is 0. The van der Waals surface area contributed by atoms with Crippen LogP contribution in [0.2, 0.25) is 0 Å². The van der Waals surface area contributed by atoms with Crippen LogP contribution in [0.4, 0.5) is 0 Å². The fourth-order valence-corrected chi connectivity index (χ4v) is 2.16. The van der Waals surface area contributed by atoms with E-state index in [0.717, 1.165) is 22.1 Å². The summed E-state index contributed by atoms with van der Waals surface area (Å²) in [5.74, 6) is 0.0936. The number of hydrogen-bond acceptors (Lipinski definition) is 2. The number of carbonyl (C=O) groups excluding carboxylic acids is 1. The van der Waals surface area contributed by atoms with Gasteiger partial charge in [0.15, 0.2) is 5.78 Å². The predicted molar refractivity (Wildman–Crippen MR) is 77.2 cm³/mol. The Hall–Kier alpha value is -2.48. The molecule has 0 unspecified atom stereocenters. The van der Waals surface area contributed by atoms with Gasteiger partial charge in [0.1, 0.15) is 0 Å². The van der Waals surface area contributed by atoms with Gasteiger partial charge in [0.25, 0.3) is 0 Å². The molecule has 0 aliphatic heterocycles. The van der Waals surface area contributed by atoms with E-state index in [9.17, 15) is 4.79 Å². The van der Waals surface area contributed by atoms with Crippen molar-refractivity contribution in [2.24, 2.45) is 0 Å². The zero-order chi connectivity index (χ0) is 13.2. The molecule has 19 heavy (non-hydrogen) atoms. The molecule has 0 N–H and O–H groups in total. The molecule has 0 aliphatic rings. The summed E-state index contributed by atoms with van der Waals surface area (Å²) in [7, 11) is 0. The smallest absolute Gasteiger partial charge is 0.159 e. The number of pyridine rings is 1. The fourth-order valence-electron chi connectivity index (χ4n) is 2.16. The van der Waals surface area contributed by atoms with E-state index in [1.165, 1.54) is 5.39 Å². The maximum Gasteiger partial charge on any atom is 0.159 e. The van der Waals surface area contributed by atoms with Crippen LogP contribution in [-0.2, 0) is 0 Å². The SMILES string of the molecule is CC(=O)c1ccc(-c2ccc3cnccc3c2)cc1. The highest BCUT2D eigenvalue weighted by molar-refractivity contribution is 5.94. The fraction of sp³-hybridized carbons (Fsp3) is 0.0588. The number of hydrogen-bond donors (Lipinski definition) is 0. The van der Waals surface area contributed by atoms with Gasteiger partial charge in [-0.2, -0.15) is 0 Å². The van der Waals surface area contributed by atoms with Crippen LogP contribution in [0, 0.1) is 0 Å². The Morgan fingerprint density at radius 3 is 2.37 bits per heavy atom.